The Morgan fingerprint density at radius 2 is 2.00 bits per heavy atom. The zero-order valence-electron chi connectivity index (χ0n) is 10.0. The molecule has 3 rings (SSSR count). The zero-order valence-corrected chi connectivity index (χ0v) is 10.9. The second-order valence-electron chi connectivity index (χ2n) is 4.40. The Balaban J connectivity index is 2.00. The molecule has 2 heterocycles. The lowest BCUT2D eigenvalue weighted by Crippen LogP contribution is -2.03. The second-order valence-corrected chi connectivity index (χ2v) is 5.71. The number of nitrogens with two attached hydrogens (primary N) is 1. The number of hydrogen-bond acceptors (Lipinski definition) is 4. The Kier molecular flexibility index (Phi) is 3.19. The maximum atomic E-state index is 5.90. The maximum Gasteiger partial charge on any atom is 0.144 e. The van der Waals surface area contributed by atoms with Crippen molar-refractivity contribution in [3.05, 3.63) is 42.2 Å². The van der Waals surface area contributed by atoms with Gasteiger partial charge in [0, 0.05) is 11.6 Å². The normalized spacial score (nSPS) is 19.0. The average molecular weight is 257 g/mol. The van der Waals surface area contributed by atoms with Gasteiger partial charge in [-0.25, -0.2) is 9.97 Å². The summed E-state index contributed by atoms with van der Waals surface area (Å²) in [5, 5.41) is 0.413. The first-order valence-corrected chi connectivity index (χ1v) is 7.19. The third-order valence-electron chi connectivity index (χ3n) is 3.05. The minimum Gasteiger partial charge on any atom is -0.384 e. The molecule has 2 N–H and O–H groups in total. The lowest BCUT2D eigenvalue weighted by molar-refractivity contribution is 0.780. The Labute approximate surface area is 111 Å². The predicted molar refractivity (Wildman–Crippen MR) is 76.3 cm³/mol. The van der Waals surface area contributed by atoms with Crippen LogP contribution in [0.3, 0.4) is 0 Å². The molecule has 1 unspecified atom stereocenters. The Morgan fingerprint density at radius 3 is 2.72 bits per heavy atom. The molecule has 1 aromatic carbocycles. The van der Waals surface area contributed by atoms with Gasteiger partial charge in [-0.15, -0.1) is 0 Å². The van der Waals surface area contributed by atoms with Crippen LogP contribution in [0.25, 0.3) is 11.3 Å². The van der Waals surface area contributed by atoms with Crippen LogP contribution in [0.2, 0.25) is 0 Å². The van der Waals surface area contributed by atoms with E-state index in [1.54, 1.807) is 0 Å². The van der Waals surface area contributed by atoms with Crippen molar-refractivity contribution in [2.24, 2.45) is 0 Å². The van der Waals surface area contributed by atoms with Crippen molar-refractivity contribution >= 4 is 17.6 Å². The molecule has 1 aliphatic heterocycles. The number of benzene rings is 1. The molecule has 0 radical (unpaired) electrons. The van der Waals surface area contributed by atoms with Gasteiger partial charge in [-0.05, 0) is 18.6 Å². The molecule has 0 spiro atoms. The molecule has 4 heteroatoms. The molecule has 2 aromatic rings. The van der Waals surface area contributed by atoms with E-state index in [1.807, 2.05) is 48.2 Å². The molecular formula is C14H15N3S. The summed E-state index contributed by atoms with van der Waals surface area (Å²) in [6.07, 6.45) is 2.40. The average Bonchev–Trinajstić information content (AvgIpc) is 2.93. The smallest absolute Gasteiger partial charge is 0.144 e. The van der Waals surface area contributed by atoms with Gasteiger partial charge in [0.15, 0.2) is 0 Å². The van der Waals surface area contributed by atoms with Gasteiger partial charge in [-0.2, -0.15) is 11.8 Å². The lowest BCUT2D eigenvalue weighted by Gasteiger charge is -2.10. The van der Waals surface area contributed by atoms with Crippen LogP contribution in [0.1, 0.15) is 23.9 Å². The minimum atomic E-state index is 0.413. The molecule has 0 saturated carbocycles. The van der Waals surface area contributed by atoms with Crippen LogP contribution < -0.4 is 5.73 Å². The number of anilines is 1. The van der Waals surface area contributed by atoms with E-state index in [0.29, 0.717) is 11.1 Å². The van der Waals surface area contributed by atoms with Crippen LogP contribution in [-0.4, -0.2) is 15.7 Å². The van der Waals surface area contributed by atoms with E-state index in [1.165, 1.54) is 12.2 Å². The molecular weight excluding hydrogens is 242 g/mol. The molecule has 0 amide bonds. The SMILES string of the molecule is Nc1cc(-c2ccccc2)nc(C2CCCS2)n1. The quantitative estimate of drug-likeness (QED) is 0.897. The number of aromatic nitrogens is 2. The van der Waals surface area contributed by atoms with Gasteiger partial charge >= 0.3 is 0 Å². The van der Waals surface area contributed by atoms with Crippen molar-refractivity contribution in [1.29, 1.82) is 0 Å². The van der Waals surface area contributed by atoms with E-state index >= 15 is 0 Å². The molecule has 92 valence electrons. The van der Waals surface area contributed by atoms with Crippen molar-refractivity contribution in [3.63, 3.8) is 0 Å². The summed E-state index contributed by atoms with van der Waals surface area (Å²) in [4.78, 5) is 9.06. The number of rotatable bonds is 2. The number of nitrogen functional groups attached to an aromatic ring is 1. The highest BCUT2D eigenvalue weighted by molar-refractivity contribution is 7.99. The highest BCUT2D eigenvalue weighted by atomic mass is 32.2. The van der Waals surface area contributed by atoms with E-state index in [4.69, 9.17) is 5.73 Å². The highest BCUT2D eigenvalue weighted by Crippen LogP contribution is 2.38. The maximum absolute atomic E-state index is 5.90. The van der Waals surface area contributed by atoms with E-state index in [9.17, 15) is 0 Å². The van der Waals surface area contributed by atoms with E-state index < -0.39 is 0 Å². The molecule has 0 aliphatic carbocycles. The summed E-state index contributed by atoms with van der Waals surface area (Å²) in [5.41, 5.74) is 7.92. The third kappa shape index (κ3) is 2.34. The first-order valence-electron chi connectivity index (χ1n) is 6.14. The summed E-state index contributed by atoms with van der Waals surface area (Å²) in [6, 6.07) is 12.0. The summed E-state index contributed by atoms with van der Waals surface area (Å²) >= 11 is 1.93. The standard InChI is InChI=1S/C14H15N3S/c15-13-9-11(10-5-2-1-3-6-10)16-14(17-13)12-7-4-8-18-12/h1-3,5-6,9,12H,4,7-8H2,(H2,15,16,17). The summed E-state index contributed by atoms with van der Waals surface area (Å²) in [7, 11) is 0. The molecule has 18 heavy (non-hydrogen) atoms. The van der Waals surface area contributed by atoms with Crippen LogP contribution in [-0.2, 0) is 0 Å². The topological polar surface area (TPSA) is 51.8 Å². The summed E-state index contributed by atoms with van der Waals surface area (Å²) in [6.45, 7) is 0. The fraction of sp³-hybridized carbons (Fsp3) is 0.286. The third-order valence-corrected chi connectivity index (χ3v) is 4.42. The van der Waals surface area contributed by atoms with Crippen LogP contribution in [0, 0.1) is 0 Å². The number of hydrogen-bond donors (Lipinski definition) is 1. The molecule has 3 nitrogen and oxygen atoms in total. The summed E-state index contributed by atoms with van der Waals surface area (Å²) in [5.74, 6) is 2.64. The monoisotopic (exact) mass is 257 g/mol. The van der Waals surface area contributed by atoms with Crippen molar-refractivity contribution in [1.82, 2.24) is 9.97 Å². The molecule has 1 atom stereocenters. The van der Waals surface area contributed by atoms with Crippen LogP contribution in [0.4, 0.5) is 5.82 Å². The fourth-order valence-corrected chi connectivity index (χ4v) is 3.37. The van der Waals surface area contributed by atoms with E-state index in [0.717, 1.165) is 23.5 Å². The summed E-state index contributed by atoms with van der Waals surface area (Å²) < 4.78 is 0. The molecule has 1 aliphatic rings. The van der Waals surface area contributed by atoms with Gasteiger partial charge in [0.05, 0.1) is 10.9 Å². The van der Waals surface area contributed by atoms with Gasteiger partial charge < -0.3 is 5.73 Å². The minimum absolute atomic E-state index is 0.413. The lowest BCUT2D eigenvalue weighted by atomic mass is 10.1. The van der Waals surface area contributed by atoms with Gasteiger partial charge in [0.1, 0.15) is 11.6 Å². The number of nitrogens with zero attached hydrogens (tertiary/aromatic N) is 2. The van der Waals surface area contributed by atoms with Gasteiger partial charge in [-0.1, -0.05) is 30.3 Å². The van der Waals surface area contributed by atoms with Crippen molar-refractivity contribution in [2.45, 2.75) is 18.1 Å². The van der Waals surface area contributed by atoms with Crippen LogP contribution in [0.5, 0.6) is 0 Å². The largest absolute Gasteiger partial charge is 0.384 e. The van der Waals surface area contributed by atoms with Gasteiger partial charge in [-0.3, -0.25) is 0 Å². The Hall–Kier alpha value is -1.55. The Morgan fingerprint density at radius 1 is 1.17 bits per heavy atom. The Bertz CT molecular complexity index is 536. The van der Waals surface area contributed by atoms with Gasteiger partial charge in [0.25, 0.3) is 0 Å². The van der Waals surface area contributed by atoms with Gasteiger partial charge in [0.2, 0.25) is 0 Å². The molecule has 1 aromatic heterocycles. The van der Waals surface area contributed by atoms with E-state index in [2.05, 4.69) is 9.97 Å². The van der Waals surface area contributed by atoms with E-state index in [-0.39, 0.29) is 0 Å². The van der Waals surface area contributed by atoms with Crippen molar-refractivity contribution in [2.75, 3.05) is 11.5 Å². The molecule has 0 bridgehead atoms. The van der Waals surface area contributed by atoms with Crippen LogP contribution >= 0.6 is 11.8 Å². The second kappa shape index (κ2) is 4.98. The molecule has 1 fully saturated rings. The first-order chi connectivity index (χ1) is 8.83. The van der Waals surface area contributed by atoms with Crippen LogP contribution in [0.15, 0.2) is 36.4 Å². The first kappa shape index (κ1) is 11.5. The predicted octanol–water partition coefficient (Wildman–Crippen LogP) is 3.29. The zero-order chi connectivity index (χ0) is 12.4. The molecule has 1 saturated heterocycles. The number of thioether (sulfide) groups is 1. The van der Waals surface area contributed by atoms with Crippen molar-refractivity contribution < 1.29 is 0 Å². The highest BCUT2D eigenvalue weighted by Gasteiger charge is 2.21. The fourth-order valence-electron chi connectivity index (χ4n) is 2.17. The van der Waals surface area contributed by atoms with Crippen molar-refractivity contribution in [3.8, 4) is 11.3 Å².